The van der Waals surface area contributed by atoms with Gasteiger partial charge in [-0.15, -0.1) is 0 Å². The molecule has 1 amide bonds. The molecule has 168 valence electrons. The number of carbonyl (C=O) groups is 1. The number of para-hydroxylation sites is 3. The van der Waals surface area contributed by atoms with Crippen LogP contribution in [0.4, 0.5) is 5.69 Å². The number of imidazole rings is 1. The zero-order chi connectivity index (χ0) is 21.9. The van der Waals surface area contributed by atoms with Crippen molar-refractivity contribution in [2.75, 3.05) is 44.2 Å². The van der Waals surface area contributed by atoms with Crippen LogP contribution in [0.25, 0.3) is 11.0 Å². The van der Waals surface area contributed by atoms with Crippen LogP contribution in [-0.4, -0.2) is 70.6 Å². The maximum Gasteiger partial charge on any atom is 0.224 e. The second kappa shape index (κ2) is 9.33. The minimum Gasteiger partial charge on any atom is -0.369 e. The second-order valence-electron chi connectivity index (χ2n) is 9.04. The summed E-state index contributed by atoms with van der Waals surface area (Å²) in [5.41, 5.74) is 3.44. The number of nitrogens with zero attached hydrogens (tertiary/aromatic N) is 5. The molecule has 6 heteroatoms. The molecule has 5 rings (SSSR count). The van der Waals surface area contributed by atoms with Crippen LogP contribution in [0.1, 0.15) is 25.1 Å². The fourth-order valence-corrected chi connectivity index (χ4v) is 5.31. The molecule has 0 bridgehead atoms. The van der Waals surface area contributed by atoms with E-state index in [9.17, 15) is 4.79 Å². The third-order valence-corrected chi connectivity index (χ3v) is 7.10. The first-order valence-electron chi connectivity index (χ1n) is 11.9. The van der Waals surface area contributed by atoms with Crippen LogP contribution < -0.4 is 4.90 Å². The molecule has 1 atom stereocenters. The number of anilines is 1. The third kappa shape index (κ3) is 4.37. The highest BCUT2D eigenvalue weighted by molar-refractivity contribution is 5.78. The van der Waals surface area contributed by atoms with Gasteiger partial charge in [0.2, 0.25) is 5.91 Å². The predicted octanol–water partition coefficient (Wildman–Crippen LogP) is 3.55. The number of aryl methyl sites for hydroxylation is 2. The molecule has 3 aromatic rings. The van der Waals surface area contributed by atoms with Crippen LogP contribution in [0.2, 0.25) is 0 Å². The SMILES string of the molecule is Cc1nc2ccccc2n1CCC(=O)N1CCCC(N2CCN(c3ccccc3)CC2)C1. The maximum absolute atomic E-state index is 13.1. The Morgan fingerprint density at radius 2 is 1.72 bits per heavy atom. The van der Waals surface area contributed by atoms with Gasteiger partial charge in [-0.1, -0.05) is 30.3 Å². The van der Waals surface area contributed by atoms with E-state index in [1.165, 1.54) is 12.1 Å². The lowest BCUT2D eigenvalue weighted by molar-refractivity contribution is -0.133. The van der Waals surface area contributed by atoms with Gasteiger partial charge in [0.15, 0.2) is 0 Å². The zero-order valence-corrected chi connectivity index (χ0v) is 19.0. The van der Waals surface area contributed by atoms with Gasteiger partial charge in [-0.25, -0.2) is 4.98 Å². The number of hydrogen-bond donors (Lipinski definition) is 0. The number of piperazine rings is 1. The first-order chi connectivity index (χ1) is 15.7. The largest absolute Gasteiger partial charge is 0.369 e. The quantitative estimate of drug-likeness (QED) is 0.620. The molecule has 2 fully saturated rings. The van der Waals surface area contributed by atoms with Gasteiger partial charge in [0.05, 0.1) is 11.0 Å². The molecular weight excluding hydrogens is 398 g/mol. The number of carbonyl (C=O) groups excluding carboxylic acids is 1. The van der Waals surface area contributed by atoms with E-state index in [0.29, 0.717) is 19.0 Å². The Kier molecular flexibility index (Phi) is 6.12. The van der Waals surface area contributed by atoms with Gasteiger partial charge in [-0.2, -0.15) is 0 Å². The molecule has 2 aliphatic heterocycles. The monoisotopic (exact) mass is 431 g/mol. The summed E-state index contributed by atoms with van der Waals surface area (Å²) in [6.07, 6.45) is 2.83. The first-order valence-corrected chi connectivity index (χ1v) is 11.9. The fraction of sp³-hybridized carbons (Fsp3) is 0.462. The number of hydrogen-bond acceptors (Lipinski definition) is 4. The molecule has 1 aromatic heterocycles. The van der Waals surface area contributed by atoms with Gasteiger partial charge in [0.1, 0.15) is 5.82 Å². The molecule has 6 nitrogen and oxygen atoms in total. The minimum atomic E-state index is 0.273. The van der Waals surface area contributed by atoms with Crippen molar-refractivity contribution >= 4 is 22.6 Å². The summed E-state index contributed by atoms with van der Waals surface area (Å²) in [6.45, 7) is 8.74. The van der Waals surface area contributed by atoms with Gasteiger partial charge in [0, 0.05) is 64.0 Å². The number of benzene rings is 2. The van der Waals surface area contributed by atoms with Crippen LogP contribution in [0.5, 0.6) is 0 Å². The van der Waals surface area contributed by atoms with Crippen molar-refractivity contribution in [3.63, 3.8) is 0 Å². The summed E-state index contributed by atoms with van der Waals surface area (Å²) < 4.78 is 2.18. The summed E-state index contributed by atoms with van der Waals surface area (Å²) in [6, 6.07) is 19.3. The fourth-order valence-electron chi connectivity index (χ4n) is 5.31. The lowest BCUT2D eigenvalue weighted by Crippen LogP contribution is -2.55. The molecule has 1 unspecified atom stereocenters. The van der Waals surface area contributed by atoms with Gasteiger partial charge in [-0.3, -0.25) is 9.69 Å². The molecule has 0 N–H and O–H groups in total. The zero-order valence-electron chi connectivity index (χ0n) is 19.0. The Morgan fingerprint density at radius 1 is 0.969 bits per heavy atom. The third-order valence-electron chi connectivity index (χ3n) is 7.10. The van der Waals surface area contributed by atoms with Crippen molar-refractivity contribution in [1.29, 1.82) is 0 Å². The molecule has 0 saturated carbocycles. The Bertz CT molecular complexity index is 1050. The lowest BCUT2D eigenvalue weighted by atomic mass is 10.0. The topological polar surface area (TPSA) is 44.6 Å². The molecule has 2 saturated heterocycles. The highest BCUT2D eigenvalue weighted by Gasteiger charge is 2.30. The van der Waals surface area contributed by atoms with Gasteiger partial charge >= 0.3 is 0 Å². The van der Waals surface area contributed by atoms with Crippen LogP contribution in [0, 0.1) is 6.92 Å². The molecule has 0 radical (unpaired) electrons. The smallest absolute Gasteiger partial charge is 0.224 e. The molecular formula is C26H33N5O. The van der Waals surface area contributed by atoms with Crippen molar-refractivity contribution in [3.05, 3.63) is 60.4 Å². The average molecular weight is 432 g/mol. The minimum absolute atomic E-state index is 0.273. The van der Waals surface area contributed by atoms with E-state index in [4.69, 9.17) is 0 Å². The van der Waals surface area contributed by atoms with E-state index in [0.717, 1.165) is 62.5 Å². The van der Waals surface area contributed by atoms with E-state index in [1.54, 1.807) is 0 Å². The molecule has 0 aliphatic carbocycles. The highest BCUT2D eigenvalue weighted by Crippen LogP contribution is 2.22. The molecule has 2 aromatic carbocycles. The molecule has 3 heterocycles. The van der Waals surface area contributed by atoms with Crippen LogP contribution in [-0.2, 0) is 11.3 Å². The van der Waals surface area contributed by atoms with Crippen molar-refractivity contribution in [3.8, 4) is 0 Å². The average Bonchev–Trinajstić information content (AvgIpc) is 3.18. The molecule has 32 heavy (non-hydrogen) atoms. The van der Waals surface area contributed by atoms with E-state index >= 15 is 0 Å². The van der Waals surface area contributed by atoms with E-state index < -0.39 is 0 Å². The number of amides is 1. The number of fused-ring (bicyclic) bond motifs is 1. The van der Waals surface area contributed by atoms with Crippen molar-refractivity contribution in [2.24, 2.45) is 0 Å². The number of rotatable bonds is 5. The lowest BCUT2D eigenvalue weighted by Gasteiger charge is -2.44. The standard InChI is InChI=1S/C26H33N5O/c1-21-27-24-11-5-6-12-25(24)31(21)15-13-26(32)30-14-7-10-23(20-30)29-18-16-28(17-19-29)22-8-3-2-4-9-22/h2-6,8-9,11-12,23H,7,10,13-20H2,1H3. The first kappa shape index (κ1) is 21.0. The van der Waals surface area contributed by atoms with Gasteiger partial charge in [0.25, 0.3) is 0 Å². The molecule has 2 aliphatic rings. The molecule has 0 spiro atoms. The van der Waals surface area contributed by atoms with Gasteiger partial charge in [-0.05, 0) is 44.0 Å². The number of piperidine rings is 1. The summed E-state index contributed by atoms with van der Waals surface area (Å²) in [5.74, 6) is 1.25. The second-order valence-corrected chi connectivity index (χ2v) is 9.04. The maximum atomic E-state index is 13.1. The van der Waals surface area contributed by atoms with E-state index in [-0.39, 0.29) is 5.91 Å². The predicted molar refractivity (Wildman–Crippen MR) is 129 cm³/mol. The Balaban J connectivity index is 1.15. The Morgan fingerprint density at radius 3 is 2.53 bits per heavy atom. The van der Waals surface area contributed by atoms with Crippen LogP contribution >= 0.6 is 0 Å². The van der Waals surface area contributed by atoms with E-state index in [2.05, 4.69) is 60.6 Å². The van der Waals surface area contributed by atoms with Gasteiger partial charge < -0.3 is 14.4 Å². The Hall–Kier alpha value is -2.86. The van der Waals surface area contributed by atoms with Crippen LogP contribution in [0.3, 0.4) is 0 Å². The summed E-state index contributed by atoms with van der Waals surface area (Å²) in [4.78, 5) is 24.9. The van der Waals surface area contributed by atoms with Crippen LogP contribution in [0.15, 0.2) is 54.6 Å². The highest BCUT2D eigenvalue weighted by atomic mass is 16.2. The normalized spacial score (nSPS) is 20.1. The summed E-state index contributed by atoms with van der Waals surface area (Å²) in [7, 11) is 0. The number of likely N-dealkylation sites (tertiary alicyclic amines) is 1. The summed E-state index contributed by atoms with van der Waals surface area (Å²) in [5, 5.41) is 0. The Labute approximate surface area is 190 Å². The van der Waals surface area contributed by atoms with Crippen molar-refractivity contribution in [1.82, 2.24) is 19.4 Å². The van der Waals surface area contributed by atoms with Crippen molar-refractivity contribution in [2.45, 2.75) is 38.8 Å². The summed E-state index contributed by atoms with van der Waals surface area (Å²) >= 11 is 0. The number of aromatic nitrogens is 2. The van der Waals surface area contributed by atoms with Crippen molar-refractivity contribution < 1.29 is 4.79 Å². The van der Waals surface area contributed by atoms with E-state index in [1.807, 2.05) is 25.1 Å².